The van der Waals surface area contributed by atoms with Gasteiger partial charge in [-0.1, -0.05) is 30.3 Å². The Labute approximate surface area is 125 Å². The van der Waals surface area contributed by atoms with Gasteiger partial charge in [0.1, 0.15) is 0 Å². The minimum atomic E-state index is 0.106. The van der Waals surface area contributed by atoms with Crippen molar-refractivity contribution < 1.29 is 4.79 Å². The minimum Gasteiger partial charge on any atom is -0.339 e. The fourth-order valence-electron chi connectivity index (χ4n) is 2.92. The van der Waals surface area contributed by atoms with Gasteiger partial charge in [0.05, 0.1) is 5.56 Å². The summed E-state index contributed by atoms with van der Waals surface area (Å²) in [7, 11) is 0. The summed E-state index contributed by atoms with van der Waals surface area (Å²) in [5.74, 6) is 0.681. The number of aryl methyl sites for hydroxylation is 1. The first-order chi connectivity index (χ1) is 10.2. The van der Waals surface area contributed by atoms with Gasteiger partial charge in [0.2, 0.25) is 0 Å². The molecule has 1 aromatic carbocycles. The molecule has 3 nitrogen and oxygen atoms in total. The Morgan fingerprint density at radius 1 is 1.10 bits per heavy atom. The number of rotatable bonds is 2. The predicted octanol–water partition coefficient (Wildman–Crippen LogP) is 3.41. The van der Waals surface area contributed by atoms with Crippen LogP contribution in [0, 0.1) is 6.92 Å². The maximum Gasteiger partial charge on any atom is 0.255 e. The Balaban J connectivity index is 1.63. The first kappa shape index (κ1) is 13.8. The molecule has 1 fully saturated rings. The van der Waals surface area contributed by atoms with Crippen LogP contribution < -0.4 is 0 Å². The molecule has 3 heteroatoms. The number of carbonyl (C=O) groups excluding carboxylic acids is 1. The average molecular weight is 280 g/mol. The van der Waals surface area contributed by atoms with E-state index in [0.717, 1.165) is 31.6 Å². The van der Waals surface area contributed by atoms with E-state index in [0.29, 0.717) is 11.5 Å². The van der Waals surface area contributed by atoms with Crippen LogP contribution in [0.5, 0.6) is 0 Å². The molecule has 3 rings (SSSR count). The Hall–Kier alpha value is -2.16. The third-order valence-electron chi connectivity index (χ3n) is 4.21. The van der Waals surface area contributed by atoms with E-state index in [1.165, 1.54) is 5.56 Å². The lowest BCUT2D eigenvalue weighted by Crippen LogP contribution is -2.37. The number of hydrogen-bond donors (Lipinski definition) is 0. The minimum absolute atomic E-state index is 0.106. The van der Waals surface area contributed by atoms with E-state index in [1.807, 2.05) is 30.0 Å². The van der Waals surface area contributed by atoms with Crippen LogP contribution in [0.1, 0.15) is 40.4 Å². The zero-order valence-corrected chi connectivity index (χ0v) is 12.3. The van der Waals surface area contributed by atoms with E-state index >= 15 is 0 Å². The van der Waals surface area contributed by atoms with Gasteiger partial charge in [0.15, 0.2) is 0 Å². The highest BCUT2D eigenvalue weighted by molar-refractivity contribution is 5.94. The van der Waals surface area contributed by atoms with E-state index < -0.39 is 0 Å². The van der Waals surface area contributed by atoms with Crippen molar-refractivity contribution in [2.45, 2.75) is 25.7 Å². The normalized spacial score (nSPS) is 16.0. The standard InChI is InChI=1S/C18H20N2O/c1-14-7-8-17(13-19-14)18(21)20-11-9-16(10-12-20)15-5-3-2-4-6-15/h2-8,13,16H,9-12H2,1H3. The largest absolute Gasteiger partial charge is 0.339 e. The number of benzene rings is 1. The molecule has 1 aliphatic heterocycles. The molecule has 0 unspecified atom stereocenters. The van der Waals surface area contributed by atoms with Gasteiger partial charge in [-0.2, -0.15) is 0 Å². The van der Waals surface area contributed by atoms with Gasteiger partial charge in [0.25, 0.3) is 5.91 Å². The van der Waals surface area contributed by atoms with E-state index in [4.69, 9.17) is 0 Å². The molecule has 21 heavy (non-hydrogen) atoms. The third-order valence-corrected chi connectivity index (χ3v) is 4.21. The number of carbonyl (C=O) groups is 1. The van der Waals surface area contributed by atoms with Crippen molar-refractivity contribution >= 4 is 5.91 Å². The SMILES string of the molecule is Cc1ccc(C(=O)N2CCC(c3ccccc3)CC2)cn1. The zero-order valence-electron chi connectivity index (χ0n) is 12.3. The summed E-state index contributed by atoms with van der Waals surface area (Å²) < 4.78 is 0. The lowest BCUT2D eigenvalue weighted by Gasteiger charge is -2.32. The van der Waals surface area contributed by atoms with Crippen molar-refractivity contribution in [2.75, 3.05) is 13.1 Å². The maximum atomic E-state index is 12.4. The average Bonchev–Trinajstić information content (AvgIpc) is 2.56. The molecule has 1 aliphatic rings. The van der Waals surface area contributed by atoms with Gasteiger partial charge in [-0.3, -0.25) is 9.78 Å². The fraction of sp³-hybridized carbons (Fsp3) is 0.333. The summed E-state index contributed by atoms with van der Waals surface area (Å²) in [6.45, 7) is 3.58. The van der Waals surface area contributed by atoms with Crippen LogP contribution >= 0.6 is 0 Å². The second-order valence-electron chi connectivity index (χ2n) is 5.67. The Kier molecular flexibility index (Phi) is 4.00. The maximum absolute atomic E-state index is 12.4. The number of hydrogen-bond acceptors (Lipinski definition) is 2. The first-order valence-electron chi connectivity index (χ1n) is 7.51. The number of aromatic nitrogens is 1. The van der Waals surface area contributed by atoms with E-state index in [9.17, 15) is 4.79 Å². The second-order valence-corrected chi connectivity index (χ2v) is 5.67. The third kappa shape index (κ3) is 3.13. The molecule has 0 saturated carbocycles. The van der Waals surface area contributed by atoms with Gasteiger partial charge in [-0.05, 0) is 43.4 Å². The molecule has 2 aromatic rings. The van der Waals surface area contributed by atoms with Crippen LogP contribution in [0.2, 0.25) is 0 Å². The molecular weight excluding hydrogens is 260 g/mol. The molecule has 0 aliphatic carbocycles. The quantitative estimate of drug-likeness (QED) is 0.844. The zero-order chi connectivity index (χ0) is 14.7. The van der Waals surface area contributed by atoms with Crippen molar-refractivity contribution in [1.29, 1.82) is 0 Å². The Bertz CT molecular complexity index is 599. The molecule has 0 spiro atoms. The lowest BCUT2D eigenvalue weighted by molar-refractivity contribution is 0.0712. The summed E-state index contributed by atoms with van der Waals surface area (Å²) in [5, 5.41) is 0. The van der Waals surface area contributed by atoms with Crippen molar-refractivity contribution in [2.24, 2.45) is 0 Å². The van der Waals surface area contributed by atoms with Crippen LogP contribution in [0.25, 0.3) is 0 Å². The Morgan fingerprint density at radius 3 is 2.43 bits per heavy atom. The number of likely N-dealkylation sites (tertiary alicyclic amines) is 1. The van der Waals surface area contributed by atoms with Crippen molar-refractivity contribution in [3.63, 3.8) is 0 Å². The highest BCUT2D eigenvalue weighted by Gasteiger charge is 2.24. The van der Waals surface area contributed by atoms with Crippen molar-refractivity contribution in [1.82, 2.24) is 9.88 Å². The topological polar surface area (TPSA) is 33.2 Å². The highest BCUT2D eigenvalue weighted by atomic mass is 16.2. The monoisotopic (exact) mass is 280 g/mol. The van der Waals surface area contributed by atoms with Gasteiger partial charge in [0, 0.05) is 25.0 Å². The molecule has 0 atom stereocenters. The fourth-order valence-corrected chi connectivity index (χ4v) is 2.92. The summed E-state index contributed by atoms with van der Waals surface area (Å²) >= 11 is 0. The summed E-state index contributed by atoms with van der Waals surface area (Å²) in [6, 6.07) is 14.4. The first-order valence-corrected chi connectivity index (χ1v) is 7.51. The molecule has 1 saturated heterocycles. The summed E-state index contributed by atoms with van der Waals surface area (Å²) in [6.07, 6.45) is 3.75. The number of amides is 1. The molecule has 2 heterocycles. The molecule has 0 N–H and O–H groups in total. The second kappa shape index (κ2) is 6.08. The molecule has 0 bridgehead atoms. The smallest absolute Gasteiger partial charge is 0.255 e. The summed E-state index contributed by atoms with van der Waals surface area (Å²) in [5.41, 5.74) is 3.02. The van der Waals surface area contributed by atoms with E-state index in [2.05, 4.69) is 29.2 Å². The van der Waals surface area contributed by atoms with E-state index in [-0.39, 0.29) is 5.91 Å². The van der Waals surface area contributed by atoms with Crippen LogP contribution in [-0.2, 0) is 0 Å². The lowest BCUT2D eigenvalue weighted by atomic mass is 9.89. The Morgan fingerprint density at radius 2 is 1.81 bits per heavy atom. The number of pyridine rings is 1. The van der Waals surface area contributed by atoms with Crippen molar-refractivity contribution in [3.05, 3.63) is 65.5 Å². The molecule has 0 radical (unpaired) electrons. The van der Waals surface area contributed by atoms with Crippen LogP contribution in [0.15, 0.2) is 48.7 Å². The molecule has 1 amide bonds. The molecule has 108 valence electrons. The van der Waals surface area contributed by atoms with Crippen LogP contribution in [0.4, 0.5) is 0 Å². The summed E-state index contributed by atoms with van der Waals surface area (Å²) in [4.78, 5) is 18.6. The van der Waals surface area contributed by atoms with Gasteiger partial charge in [-0.15, -0.1) is 0 Å². The van der Waals surface area contributed by atoms with Crippen LogP contribution in [0.3, 0.4) is 0 Å². The molecule has 1 aromatic heterocycles. The van der Waals surface area contributed by atoms with Gasteiger partial charge < -0.3 is 4.90 Å². The number of nitrogens with zero attached hydrogens (tertiary/aromatic N) is 2. The van der Waals surface area contributed by atoms with E-state index in [1.54, 1.807) is 6.20 Å². The van der Waals surface area contributed by atoms with Gasteiger partial charge >= 0.3 is 0 Å². The van der Waals surface area contributed by atoms with Crippen LogP contribution in [-0.4, -0.2) is 28.9 Å². The molecular formula is C18H20N2O. The predicted molar refractivity (Wildman–Crippen MR) is 83.3 cm³/mol. The number of piperidine rings is 1. The highest BCUT2D eigenvalue weighted by Crippen LogP contribution is 2.28. The van der Waals surface area contributed by atoms with Gasteiger partial charge in [-0.25, -0.2) is 0 Å². The van der Waals surface area contributed by atoms with Crippen molar-refractivity contribution in [3.8, 4) is 0 Å².